The molecule has 0 atom stereocenters. The Morgan fingerprint density at radius 2 is 1.96 bits per heavy atom. The highest BCUT2D eigenvalue weighted by molar-refractivity contribution is 5.92. The Bertz CT molecular complexity index is 1030. The number of hydrogen-bond donors (Lipinski definition) is 1. The van der Waals surface area contributed by atoms with Crippen LogP contribution < -0.4 is 5.32 Å². The van der Waals surface area contributed by atoms with Crippen molar-refractivity contribution in [1.29, 1.82) is 0 Å². The Morgan fingerprint density at radius 3 is 2.71 bits per heavy atom. The summed E-state index contributed by atoms with van der Waals surface area (Å²) in [6.45, 7) is 7.81. The minimum absolute atomic E-state index is 0.165. The van der Waals surface area contributed by atoms with Crippen molar-refractivity contribution in [2.24, 2.45) is 0 Å². The molecule has 1 amide bonds. The lowest BCUT2D eigenvalue weighted by atomic mass is 10.1. The number of nitrogens with zero attached hydrogens (tertiary/aromatic N) is 4. The number of hydrogen-bond acceptors (Lipinski definition) is 5. The molecule has 0 radical (unpaired) electrons. The Kier molecular flexibility index (Phi) is 6.01. The zero-order chi connectivity index (χ0) is 19.9. The van der Waals surface area contributed by atoms with Gasteiger partial charge in [-0.25, -0.2) is 9.97 Å². The number of amides is 1. The van der Waals surface area contributed by atoms with Crippen LogP contribution in [0.2, 0.25) is 0 Å². The summed E-state index contributed by atoms with van der Waals surface area (Å²) in [5.41, 5.74) is 4.23. The van der Waals surface area contributed by atoms with Crippen LogP contribution in [0.4, 0.5) is 5.82 Å². The second kappa shape index (κ2) is 8.81. The van der Waals surface area contributed by atoms with Crippen LogP contribution in [0.1, 0.15) is 23.1 Å². The lowest BCUT2D eigenvalue weighted by Gasteiger charge is -2.09. The number of pyridine rings is 2. The molecule has 1 N–H and O–H groups in total. The van der Waals surface area contributed by atoms with Crippen LogP contribution in [-0.4, -0.2) is 25.8 Å². The van der Waals surface area contributed by atoms with Gasteiger partial charge in [-0.1, -0.05) is 24.8 Å². The minimum atomic E-state index is -0.189. The predicted octanol–water partition coefficient (Wildman–Crippen LogP) is 4.15. The van der Waals surface area contributed by atoms with Crippen LogP contribution in [0, 0.1) is 13.8 Å². The molecular formula is C22H21N5O. The monoisotopic (exact) mass is 371 g/mol. The molecule has 3 aromatic heterocycles. The third-order valence-corrected chi connectivity index (χ3v) is 4.09. The normalized spacial score (nSPS) is 10.8. The number of nitrogens with one attached hydrogen (secondary N) is 1. The van der Waals surface area contributed by atoms with Crippen molar-refractivity contribution in [1.82, 2.24) is 19.9 Å². The van der Waals surface area contributed by atoms with Gasteiger partial charge in [0.05, 0.1) is 6.42 Å². The van der Waals surface area contributed by atoms with Gasteiger partial charge in [-0.05, 0) is 48.7 Å². The maximum atomic E-state index is 12.4. The van der Waals surface area contributed by atoms with E-state index in [1.807, 2.05) is 50.3 Å². The molecule has 0 saturated heterocycles. The number of rotatable bonds is 6. The van der Waals surface area contributed by atoms with Gasteiger partial charge in [0, 0.05) is 30.4 Å². The van der Waals surface area contributed by atoms with Crippen molar-refractivity contribution in [3.63, 3.8) is 0 Å². The molecule has 6 nitrogen and oxygen atoms in total. The highest BCUT2D eigenvalue weighted by Crippen LogP contribution is 2.17. The Labute approximate surface area is 164 Å². The van der Waals surface area contributed by atoms with Crippen molar-refractivity contribution >= 4 is 17.8 Å². The van der Waals surface area contributed by atoms with E-state index in [2.05, 4.69) is 31.8 Å². The van der Waals surface area contributed by atoms with Gasteiger partial charge in [-0.15, -0.1) is 0 Å². The van der Waals surface area contributed by atoms with Gasteiger partial charge in [0.25, 0.3) is 0 Å². The fourth-order valence-electron chi connectivity index (χ4n) is 2.49. The highest BCUT2D eigenvalue weighted by atomic mass is 16.1. The lowest BCUT2D eigenvalue weighted by Crippen LogP contribution is -2.14. The van der Waals surface area contributed by atoms with Crippen LogP contribution in [0.15, 0.2) is 67.3 Å². The van der Waals surface area contributed by atoms with Crippen LogP contribution in [-0.2, 0) is 4.79 Å². The van der Waals surface area contributed by atoms with Gasteiger partial charge in [0.1, 0.15) is 11.5 Å². The summed E-state index contributed by atoms with van der Waals surface area (Å²) in [6, 6.07) is 7.45. The van der Waals surface area contributed by atoms with E-state index in [0.29, 0.717) is 22.9 Å². The second-order valence-corrected chi connectivity index (χ2v) is 6.39. The second-order valence-electron chi connectivity index (χ2n) is 6.39. The fourth-order valence-corrected chi connectivity index (χ4v) is 2.49. The summed E-state index contributed by atoms with van der Waals surface area (Å²) < 4.78 is 0. The average Bonchev–Trinajstić information content (AvgIpc) is 2.69. The summed E-state index contributed by atoms with van der Waals surface area (Å²) in [7, 11) is 0. The molecule has 0 aromatic carbocycles. The maximum Gasteiger partial charge on any atom is 0.229 e. The Balaban J connectivity index is 1.66. The molecule has 0 aliphatic carbocycles. The highest BCUT2D eigenvalue weighted by Gasteiger charge is 2.10. The van der Waals surface area contributed by atoms with Gasteiger partial charge in [-0.2, -0.15) is 0 Å². The number of anilines is 1. The maximum absolute atomic E-state index is 12.4. The fraction of sp³-hybridized carbons (Fsp3) is 0.136. The molecule has 0 spiro atoms. The van der Waals surface area contributed by atoms with Crippen molar-refractivity contribution in [3.05, 3.63) is 84.0 Å². The Morgan fingerprint density at radius 1 is 1.11 bits per heavy atom. The summed E-state index contributed by atoms with van der Waals surface area (Å²) in [5.74, 6) is 0.749. The average molecular weight is 371 g/mol. The molecule has 28 heavy (non-hydrogen) atoms. The van der Waals surface area contributed by atoms with Crippen LogP contribution >= 0.6 is 0 Å². The number of aromatic nitrogens is 4. The van der Waals surface area contributed by atoms with Crippen molar-refractivity contribution in [2.75, 3.05) is 5.32 Å². The molecule has 0 bridgehead atoms. The van der Waals surface area contributed by atoms with E-state index in [0.717, 1.165) is 16.7 Å². The summed E-state index contributed by atoms with van der Waals surface area (Å²) in [4.78, 5) is 29.5. The smallest absolute Gasteiger partial charge is 0.229 e. The minimum Gasteiger partial charge on any atom is -0.310 e. The number of carbonyl (C=O) groups is 1. The topological polar surface area (TPSA) is 80.7 Å². The molecular weight excluding hydrogens is 350 g/mol. The van der Waals surface area contributed by atoms with E-state index in [1.165, 1.54) is 0 Å². The molecule has 0 unspecified atom stereocenters. The lowest BCUT2D eigenvalue weighted by molar-refractivity contribution is -0.115. The summed E-state index contributed by atoms with van der Waals surface area (Å²) in [6.07, 6.45) is 10.8. The van der Waals surface area contributed by atoms with E-state index in [9.17, 15) is 4.79 Å². The molecule has 3 heterocycles. The van der Waals surface area contributed by atoms with Gasteiger partial charge >= 0.3 is 0 Å². The van der Waals surface area contributed by atoms with E-state index < -0.39 is 0 Å². The van der Waals surface area contributed by atoms with Gasteiger partial charge < -0.3 is 5.32 Å². The zero-order valence-electron chi connectivity index (χ0n) is 15.9. The van der Waals surface area contributed by atoms with Gasteiger partial charge in [-0.3, -0.25) is 14.8 Å². The zero-order valence-corrected chi connectivity index (χ0v) is 15.9. The Hall–Kier alpha value is -3.67. The van der Waals surface area contributed by atoms with E-state index in [1.54, 1.807) is 24.8 Å². The molecule has 0 saturated carbocycles. The van der Waals surface area contributed by atoms with E-state index in [4.69, 9.17) is 0 Å². The SMILES string of the molecule is C=C(/C=C\c1cnccc1C)CC(=O)Nc1nc(-c2ccccn2)ncc1C. The van der Waals surface area contributed by atoms with Gasteiger partial charge in [0.15, 0.2) is 5.82 Å². The molecule has 140 valence electrons. The molecule has 0 aliphatic rings. The summed E-state index contributed by atoms with van der Waals surface area (Å²) in [5, 5.41) is 2.84. The number of allylic oxidation sites excluding steroid dienone is 1. The van der Waals surface area contributed by atoms with Gasteiger partial charge in [0.2, 0.25) is 5.91 Å². The molecule has 0 fully saturated rings. The summed E-state index contributed by atoms with van der Waals surface area (Å²) >= 11 is 0. The largest absolute Gasteiger partial charge is 0.310 e. The number of aryl methyl sites for hydroxylation is 2. The van der Waals surface area contributed by atoms with Crippen molar-refractivity contribution < 1.29 is 4.79 Å². The van der Waals surface area contributed by atoms with Crippen LogP contribution in [0.5, 0.6) is 0 Å². The first-order chi connectivity index (χ1) is 13.5. The van der Waals surface area contributed by atoms with E-state index in [-0.39, 0.29) is 12.3 Å². The standard InChI is InChI=1S/C22H21N5O/c1-15(7-8-18-14-23-11-9-16(18)2)12-20(28)26-21-17(3)13-25-22(27-21)19-6-4-5-10-24-19/h4-11,13-14H,1,12H2,2-3H3,(H,25,26,27,28)/b8-7-. The first kappa shape index (κ1) is 19.1. The van der Waals surface area contributed by atoms with Crippen molar-refractivity contribution in [2.45, 2.75) is 20.3 Å². The third kappa shape index (κ3) is 4.94. The first-order valence-electron chi connectivity index (χ1n) is 8.84. The molecule has 3 aromatic rings. The van der Waals surface area contributed by atoms with Crippen LogP contribution in [0.25, 0.3) is 17.6 Å². The quantitative estimate of drug-likeness (QED) is 0.659. The molecule has 3 rings (SSSR count). The molecule has 6 heteroatoms. The third-order valence-electron chi connectivity index (χ3n) is 4.09. The van der Waals surface area contributed by atoms with Crippen LogP contribution in [0.3, 0.4) is 0 Å². The van der Waals surface area contributed by atoms with Crippen molar-refractivity contribution in [3.8, 4) is 11.5 Å². The predicted molar refractivity (Wildman–Crippen MR) is 110 cm³/mol. The number of carbonyl (C=O) groups excluding carboxylic acids is 1. The first-order valence-corrected chi connectivity index (χ1v) is 8.84. The molecule has 0 aliphatic heterocycles. The van der Waals surface area contributed by atoms with E-state index >= 15 is 0 Å².